The highest BCUT2D eigenvalue weighted by Crippen LogP contribution is 2.22. The van der Waals surface area contributed by atoms with E-state index in [1.165, 1.54) is 0 Å². The molecule has 0 aliphatic heterocycles. The Kier molecular flexibility index (Phi) is 2.68. The lowest BCUT2D eigenvalue weighted by Gasteiger charge is -2.04. The normalized spacial score (nSPS) is 11.1. The van der Waals surface area contributed by atoms with Crippen molar-refractivity contribution in [3.8, 4) is 0 Å². The Morgan fingerprint density at radius 3 is 2.94 bits per heavy atom. The summed E-state index contributed by atoms with van der Waals surface area (Å²) in [6.07, 6.45) is 6.31. The summed E-state index contributed by atoms with van der Waals surface area (Å²) >= 11 is 0. The number of benzene rings is 1. The van der Waals surface area contributed by atoms with Crippen LogP contribution in [0.3, 0.4) is 0 Å². The van der Waals surface area contributed by atoms with Gasteiger partial charge in [0.1, 0.15) is 0 Å². The van der Waals surface area contributed by atoms with E-state index >= 15 is 0 Å². The summed E-state index contributed by atoms with van der Waals surface area (Å²) in [6, 6.07) is 5.76. The molecule has 0 bridgehead atoms. The lowest BCUT2D eigenvalue weighted by atomic mass is 10.0. The smallest absolute Gasteiger partial charge is 0.328 e. The summed E-state index contributed by atoms with van der Waals surface area (Å²) in [5.41, 5.74) is 1.95. The van der Waals surface area contributed by atoms with E-state index in [1.807, 2.05) is 25.1 Å². The van der Waals surface area contributed by atoms with Crippen molar-refractivity contribution in [3.63, 3.8) is 0 Å². The maximum atomic E-state index is 10.5. The number of fused-ring (bicyclic) bond motifs is 1. The molecular weight excluding hydrogens is 202 g/mol. The van der Waals surface area contributed by atoms with Gasteiger partial charge < -0.3 is 5.11 Å². The van der Waals surface area contributed by atoms with Crippen LogP contribution in [-0.2, 0) is 4.79 Å². The summed E-state index contributed by atoms with van der Waals surface area (Å²) in [5.74, 6) is -0.941. The number of pyridine rings is 1. The van der Waals surface area contributed by atoms with Gasteiger partial charge in [-0.3, -0.25) is 4.98 Å². The number of nitrogens with zero attached hydrogens (tertiary/aromatic N) is 1. The predicted octanol–water partition coefficient (Wildman–Crippen LogP) is 2.64. The minimum Gasteiger partial charge on any atom is -0.478 e. The highest BCUT2D eigenvalue weighted by molar-refractivity contribution is 5.95. The molecule has 0 radical (unpaired) electrons. The summed E-state index contributed by atoms with van der Waals surface area (Å²) in [6.45, 7) is 1.97. The van der Waals surface area contributed by atoms with Crippen molar-refractivity contribution < 1.29 is 9.90 Å². The Bertz CT molecular complexity index is 568. The highest BCUT2D eigenvalue weighted by atomic mass is 16.4. The maximum Gasteiger partial charge on any atom is 0.328 e. The number of aryl methyl sites for hydroxylation is 1. The molecule has 16 heavy (non-hydrogen) atoms. The van der Waals surface area contributed by atoms with Crippen LogP contribution < -0.4 is 0 Å². The van der Waals surface area contributed by atoms with Crippen molar-refractivity contribution in [1.29, 1.82) is 0 Å². The van der Waals surface area contributed by atoms with Gasteiger partial charge in [-0.15, -0.1) is 0 Å². The van der Waals surface area contributed by atoms with Crippen LogP contribution in [0, 0.1) is 6.92 Å². The number of carboxylic acid groups (broad SMARTS) is 1. The average molecular weight is 213 g/mol. The monoisotopic (exact) mass is 213 g/mol. The van der Waals surface area contributed by atoms with Gasteiger partial charge in [0.15, 0.2) is 0 Å². The second-order valence-corrected chi connectivity index (χ2v) is 3.57. The third-order valence-corrected chi connectivity index (χ3v) is 2.41. The first-order valence-corrected chi connectivity index (χ1v) is 4.93. The zero-order chi connectivity index (χ0) is 11.5. The fourth-order valence-corrected chi connectivity index (χ4v) is 1.75. The van der Waals surface area contributed by atoms with E-state index in [-0.39, 0.29) is 0 Å². The van der Waals surface area contributed by atoms with Crippen LogP contribution in [0.4, 0.5) is 0 Å². The molecular formula is C13H11NO2. The van der Waals surface area contributed by atoms with Gasteiger partial charge in [-0.1, -0.05) is 18.2 Å². The van der Waals surface area contributed by atoms with Gasteiger partial charge in [-0.25, -0.2) is 4.79 Å². The van der Waals surface area contributed by atoms with Crippen LogP contribution in [0.2, 0.25) is 0 Å². The molecule has 0 amide bonds. The molecule has 80 valence electrons. The van der Waals surface area contributed by atoms with Crippen LogP contribution >= 0.6 is 0 Å². The number of carbonyl (C=O) groups is 1. The first-order valence-electron chi connectivity index (χ1n) is 4.93. The van der Waals surface area contributed by atoms with Crippen molar-refractivity contribution in [2.75, 3.05) is 0 Å². The lowest BCUT2D eigenvalue weighted by Crippen LogP contribution is -1.88. The van der Waals surface area contributed by atoms with Crippen LogP contribution in [0.5, 0.6) is 0 Å². The zero-order valence-corrected chi connectivity index (χ0v) is 8.84. The molecule has 0 unspecified atom stereocenters. The molecule has 1 heterocycles. The Hall–Kier alpha value is -2.16. The Labute approximate surface area is 93.1 Å². The van der Waals surface area contributed by atoms with Crippen LogP contribution in [-0.4, -0.2) is 16.1 Å². The lowest BCUT2D eigenvalue weighted by molar-refractivity contribution is -0.131. The molecule has 2 aromatic rings. The average Bonchev–Trinajstić information content (AvgIpc) is 2.26. The highest BCUT2D eigenvalue weighted by Gasteiger charge is 2.01. The van der Waals surface area contributed by atoms with E-state index in [4.69, 9.17) is 5.11 Å². The third-order valence-electron chi connectivity index (χ3n) is 2.41. The fraction of sp³-hybridized carbons (Fsp3) is 0.0769. The van der Waals surface area contributed by atoms with E-state index in [9.17, 15) is 4.79 Å². The standard InChI is InChI=1S/C13H11NO2/c1-9-7-14-8-11-4-2-3-10(13(9)11)5-6-12(15)16/h2-8H,1H3,(H,15,16)/b6-5+. The van der Waals surface area contributed by atoms with Crippen molar-refractivity contribution in [2.45, 2.75) is 6.92 Å². The Morgan fingerprint density at radius 1 is 1.38 bits per heavy atom. The molecule has 2 rings (SSSR count). The fourth-order valence-electron chi connectivity index (χ4n) is 1.75. The number of aliphatic carboxylic acids is 1. The molecule has 0 aliphatic rings. The summed E-state index contributed by atoms with van der Waals surface area (Å²) < 4.78 is 0. The van der Waals surface area contributed by atoms with Crippen LogP contribution in [0.1, 0.15) is 11.1 Å². The summed E-state index contributed by atoms with van der Waals surface area (Å²) in [5, 5.41) is 10.7. The van der Waals surface area contributed by atoms with Crippen molar-refractivity contribution in [1.82, 2.24) is 4.98 Å². The minimum absolute atomic E-state index is 0.903. The van der Waals surface area contributed by atoms with Gasteiger partial charge in [-0.05, 0) is 29.5 Å². The number of rotatable bonds is 2. The minimum atomic E-state index is -0.941. The van der Waals surface area contributed by atoms with Gasteiger partial charge >= 0.3 is 5.97 Å². The van der Waals surface area contributed by atoms with Crippen LogP contribution in [0.15, 0.2) is 36.7 Å². The predicted molar refractivity (Wildman–Crippen MR) is 63.1 cm³/mol. The largest absolute Gasteiger partial charge is 0.478 e. The molecule has 1 N–H and O–H groups in total. The number of aromatic nitrogens is 1. The summed E-state index contributed by atoms with van der Waals surface area (Å²) in [4.78, 5) is 14.6. The Balaban J connectivity index is 2.65. The Morgan fingerprint density at radius 2 is 2.19 bits per heavy atom. The quantitative estimate of drug-likeness (QED) is 0.780. The zero-order valence-electron chi connectivity index (χ0n) is 8.84. The van der Waals surface area contributed by atoms with E-state index < -0.39 is 5.97 Å². The van der Waals surface area contributed by atoms with E-state index in [0.717, 1.165) is 28.0 Å². The summed E-state index contributed by atoms with van der Waals surface area (Å²) in [7, 11) is 0. The van der Waals surface area contributed by atoms with Gasteiger partial charge in [0.05, 0.1) is 0 Å². The van der Waals surface area contributed by atoms with Crippen molar-refractivity contribution in [2.24, 2.45) is 0 Å². The number of hydrogen-bond acceptors (Lipinski definition) is 2. The molecule has 0 saturated heterocycles. The first-order chi connectivity index (χ1) is 7.68. The van der Waals surface area contributed by atoms with E-state index in [1.54, 1.807) is 18.5 Å². The molecule has 1 aromatic carbocycles. The van der Waals surface area contributed by atoms with E-state index in [2.05, 4.69) is 4.98 Å². The molecule has 3 nitrogen and oxygen atoms in total. The third kappa shape index (κ3) is 1.93. The molecule has 0 spiro atoms. The van der Waals surface area contributed by atoms with Gasteiger partial charge in [0.2, 0.25) is 0 Å². The number of carboxylic acids is 1. The van der Waals surface area contributed by atoms with Crippen molar-refractivity contribution >= 4 is 22.8 Å². The topological polar surface area (TPSA) is 50.2 Å². The van der Waals surface area contributed by atoms with Gasteiger partial charge in [0.25, 0.3) is 0 Å². The number of hydrogen-bond donors (Lipinski definition) is 1. The SMILES string of the molecule is Cc1cncc2cccc(/C=C/C(=O)O)c12. The molecule has 0 saturated carbocycles. The maximum absolute atomic E-state index is 10.5. The van der Waals surface area contributed by atoms with Gasteiger partial charge in [0, 0.05) is 23.9 Å². The molecule has 1 aromatic heterocycles. The second-order valence-electron chi connectivity index (χ2n) is 3.57. The van der Waals surface area contributed by atoms with Crippen molar-refractivity contribution in [3.05, 3.63) is 47.8 Å². The molecule has 0 atom stereocenters. The molecule has 0 aliphatic carbocycles. The van der Waals surface area contributed by atoms with Gasteiger partial charge in [-0.2, -0.15) is 0 Å². The first kappa shape index (κ1) is 10.4. The van der Waals surface area contributed by atoms with E-state index in [0.29, 0.717) is 0 Å². The molecule has 3 heteroatoms. The molecule has 0 fully saturated rings. The second kappa shape index (κ2) is 4.14. The van der Waals surface area contributed by atoms with Crippen LogP contribution in [0.25, 0.3) is 16.8 Å².